The van der Waals surface area contributed by atoms with Crippen molar-refractivity contribution >= 4 is 12.6 Å². The molecule has 0 unspecified atom stereocenters. The van der Waals surface area contributed by atoms with Gasteiger partial charge in [0.2, 0.25) is 0 Å². The van der Waals surface area contributed by atoms with Gasteiger partial charge in [0.15, 0.2) is 0 Å². The van der Waals surface area contributed by atoms with Crippen LogP contribution in [0.5, 0.6) is 0 Å². The standard InChI is InChI=1S/C18H31N5O2/c1-6-13-23(5)18(25)16(17(19)22(4)14-12-20-3)21-11-9-8-10-15(24)7-2/h7-8,10,12,14,21,24H,3,6,9,11,13,19H2,1-2,4-5H3/b10-8-,14-12-,15-7+,17-16+. The van der Waals surface area contributed by atoms with Crippen LogP contribution in [0.2, 0.25) is 0 Å². The zero-order valence-corrected chi connectivity index (χ0v) is 15.7. The number of amides is 1. The van der Waals surface area contributed by atoms with Crippen molar-refractivity contribution in [1.82, 2.24) is 15.1 Å². The Labute approximate surface area is 150 Å². The lowest BCUT2D eigenvalue weighted by molar-refractivity contribution is -0.126. The van der Waals surface area contributed by atoms with E-state index in [4.69, 9.17) is 5.73 Å². The van der Waals surface area contributed by atoms with Gasteiger partial charge in [-0.3, -0.25) is 9.79 Å². The van der Waals surface area contributed by atoms with Gasteiger partial charge in [-0.15, -0.1) is 0 Å². The average molecular weight is 349 g/mol. The molecule has 1 amide bonds. The predicted octanol–water partition coefficient (Wildman–Crippen LogP) is 2.08. The second-order valence-electron chi connectivity index (χ2n) is 5.41. The minimum atomic E-state index is -0.175. The van der Waals surface area contributed by atoms with Gasteiger partial charge in [-0.2, -0.15) is 0 Å². The summed E-state index contributed by atoms with van der Waals surface area (Å²) < 4.78 is 0. The maximum absolute atomic E-state index is 12.6. The number of hydrogen-bond donors (Lipinski definition) is 3. The molecular weight excluding hydrogens is 318 g/mol. The number of rotatable bonds is 11. The molecule has 0 fully saturated rings. The van der Waals surface area contributed by atoms with Crippen molar-refractivity contribution in [2.45, 2.75) is 26.7 Å². The van der Waals surface area contributed by atoms with Gasteiger partial charge in [-0.1, -0.05) is 13.0 Å². The molecule has 0 bridgehead atoms. The Hall–Kier alpha value is -2.70. The molecule has 25 heavy (non-hydrogen) atoms. The van der Waals surface area contributed by atoms with Crippen molar-refractivity contribution in [2.24, 2.45) is 10.7 Å². The number of nitrogens with zero attached hydrogens (tertiary/aromatic N) is 3. The second-order valence-corrected chi connectivity index (χ2v) is 5.41. The van der Waals surface area contributed by atoms with Crippen molar-refractivity contribution in [3.05, 3.63) is 47.9 Å². The molecule has 0 aromatic rings. The topological polar surface area (TPSA) is 94.2 Å². The average Bonchev–Trinajstić information content (AvgIpc) is 2.61. The van der Waals surface area contributed by atoms with Crippen LogP contribution in [0.15, 0.2) is 52.9 Å². The lowest BCUT2D eigenvalue weighted by Gasteiger charge is -2.23. The third kappa shape index (κ3) is 8.64. The summed E-state index contributed by atoms with van der Waals surface area (Å²) in [4.78, 5) is 19.5. The minimum absolute atomic E-state index is 0.175. The number of carbonyl (C=O) groups excluding carboxylic acids is 1. The van der Waals surface area contributed by atoms with Crippen LogP contribution in [0, 0.1) is 0 Å². The number of likely N-dealkylation sites (N-methyl/N-ethyl adjacent to an activating group) is 1. The van der Waals surface area contributed by atoms with E-state index in [0.717, 1.165) is 6.42 Å². The van der Waals surface area contributed by atoms with E-state index in [1.165, 1.54) is 6.20 Å². The van der Waals surface area contributed by atoms with Crippen LogP contribution in [0.25, 0.3) is 0 Å². The SMILES string of the molecule is C=N/C=C\N(C)/C(N)=C(/NCC/C=C\C(O)=C/C)C(=O)N(C)CCC. The molecule has 0 spiro atoms. The Kier molecular flexibility index (Phi) is 11.3. The van der Waals surface area contributed by atoms with Gasteiger partial charge in [0.25, 0.3) is 5.91 Å². The van der Waals surface area contributed by atoms with Gasteiger partial charge in [0.05, 0.1) is 0 Å². The quantitative estimate of drug-likeness (QED) is 0.175. The van der Waals surface area contributed by atoms with Gasteiger partial charge in [0, 0.05) is 39.6 Å². The Morgan fingerprint density at radius 1 is 1.40 bits per heavy atom. The Morgan fingerprint density at radius 3 is 2.64 bits per heavy atom. The molecule has 0 aliphatic rings. The molecule has 4 N–H and O–H groups in total. The van der Waals surface area contributed by atoms with Crippen LogP contribution in [-0.2, 0) is 4.79 Å². The molecule has 0 heterocycles. The zero-order valence-electron chi connectivity index (χ0n) is 15.7. The van der Waals surface area contributed by atoms with E-state index in [1.54, 1.807) is 49.2 Å². The highest BCUT2D eigenvalue weighted by atomic mass is 16.3. The van der Waals surface area contributed by atoms with Crippen molar-refractivity contribution in [2.75, 3.05) is 27.2 Å². The smallest absolute Gasteiger partial charge is 0.273 e. The summed E-state index contributed by atoms with van der Waals surface area (Å²) in [6.45, 7) is 8.28. The molecule has 0 saturated carbocycles. The van der Waals surface area contributed by atoms with Gasteiger partial charge in [0.1, 0.15) is 17.3 Å². The first-order valence-corrected chi connectivity index (χ1v) is 8.25. The summed E-state index contributed by atoms with van der Waals surface area (Å²) >= 11 is 0. The Balaban J connectivity index is 5.19. The van der Waals surface area contributed by atoms with Crippen LogP contribution in [0.3, 0.4) is 0 Å². The molecule has 0 radical (unpaired) electrons. The summed E-state index contributed by atoms with van der Waals surface area (Å²) in [5, 5.41) is 12.5. The van der Waals surface area contributed by atoms with Crippen LogP contribution in [0.4, 0.5) is 0 Å². The van der Waals surface area contributed by atoms with Crippen LogP contribution in [-0.4, -0.2) is 54.7 Å². The molecule has 0 rings (SSSR count). The summed E-state index contributed by atoms with van der Waals surface area (Å²) in [6, 6.07) is 0. The lowest BCUT2D eigenvalue weighted by atomic mass is 10.3. The predicted molar refractivity (Wildman–Crippen MR) is 104 cm³/mol. The maximum atomic E-state index is 12.6. The molecule has 0 aromatic heterocycles. The van der Waals surface area contributed by atoms with E-state index in [0.29, 0.717) is 31.0 Å². The Bertz CT molecular complexity index is 550. The van der Waals surface area contributed by atoms with E-state index < -0.39 is 0 Å². The highest BCUT2D eigenvalue weighted by Gasteiger charge is 2.18. The highest BCUT2D eigenvalue weighted by molar-refractivity contribution is 5.93. The normalized spacial score (nSPS) is 13.0. The van der Waals surface area contributed by atoms with Crippen LogP contribution in [0.1, 0.15) is 26.7 Å². The Morgan fingerprint density at radius 2 is 2.08 bits per heavy atom. The summed E-state index contributed by atoms with van der Waals surface area (Å²) in [5.74, 6) is 0.329. The van der Waals surface area contributed by atoms with E-state index in [1.807, 2.05) is 13.0 Å². The van der Waals surface area contributed by atoms with Gasteiger partial charge in [-0.25, -0.2) is 0 Å². The van der Waals surface area contributed by atoms with Crippen molar-refractivity contribution in [1.29, 1.82) is 0 Å². The van der Waals surface area contributed by atoms with Gasteiger partial charge >= 0.3 is 0 Å². The number of carbonyl (C=O) groups is 1. The maximum Gasteiger partial charge on any atom is 0.273 e. The number of hydrogen-bond acceptors (Lipinski definition) is 6. The van der Waals surface area contributed by atoms with Crippen molar-refractivity contribution in [3.63, 3.8) is 0 Å². The number of aliphatic hydroxyl groups is 1. The number of nitrogens with one attached hydrogen (secondary N) is 1. The first kappa shape index (κ1) is 22.3. The molecule has 140 valence electrons. The first-order valence-electron chi connectivity index (χ1n) is 8.25. The van der Waals surface area contributed by atoms with E-state index in [2.05, 4.69) is 17.0 Å². The number of aliphatic imine (C=N–C) groups is 1. The van der Waals surface area contributed by atoms with E-state index >= 15 is 0 Å². The van der Waals surface area contributed by atoms with Crippen LogP contribution < -0.4 is 11.1 Å². The summed E-state index contributed by atoms with van der Waals surface area (Å²) in [6.07, 6.45) is 9.65. The molecule has 7 nitrogen and oxygen atoms in total. The first-order chi connectivity index (χ1) is 11.9. The molecule has 0 aliphatic heterocycles. The highest BCUT2D eigenvalue weighted by Crippen LogP contribution is 2.06. The fourth-order valence-corrected chi connectivity index (χ4v) is 1.89. The molecule has 0 atom stereocenters. The number of allylic oxidation sites excluding steroid dienone is 2. The van der Waals surface area contributed by atoms with E-state index in [9.17, 15) is 9.90 Å². The lowest BCUT2D eigenvalue weighted by Crippen LogP contribution is -2.38. The molecular formula is C18H31N5O2. The van der Waals surface area contributed by atoms with Crippen LogP contribution >= 0.6 is 0 Å². The minimum Gasteiger partial charge on any atom is -0.508 e. The number of nitrogens with two attached hydrogens (primary N) is 1. The molecule has 0 aromatic carbocycles. The molecule has 0 aliphatic carbocycles. The van der Waals surface area contributed by atoms with Crippen molar-refractivity contribution in [3.8, 4) is 0 Å². The van der Waals surface area contributed by atoms with Crippen molar-refractivity contribution < 1.29 is 9.90 Å². The fraction of sp³-hybridized carbons (Fsp3) is 0.444. The number of aliphatic hydroxyl groups excluding tert-OH is 1. The molecule has 0 saturated heterocycles. The summed E-state index contributed by atoms with van der Waals surface area (Å²) in [7, 11) is 3.47. The summed E-state index contributed by atoms with van der Waals surface area (Å²) in [5.41, 5.74) is 6.47. The zero-order chi connectivity index (χ0) is 19.2. The third-order valence-corrected chi connectivity index (χ3v) is 3.35. The second kappa shape index (κ2) is 12.7. The van der Waals surface area contributed by atoms with E-state index in [-0.39, 0.29) is 11.7 Å². The molecule has 7 heteroatoms. The van der Waals surface area contributed by atoms with Gasteiger partial charge < -0.3 is 26.0 Å². The monoisotopic (exact) mass is 349 g/mol. The third-order valence-electron chi connectivity index (χ3n) is 3.35. The van der Waals surface area contributed by atoms with Gasteiger partial charge in [-0.05, 0) is 38.6 Å². The largest absolute Gasteiger partial charge is 0.508 e. The fourth-order valence-electron chi connectivity index (χ4n) is 1.89.